The SMILES string of the molecule is CCC(=O)N(C(CO)CO)C(CO)CO.CCN(C(CO)CO)C(CO)CO.CCNC(=O)N(C(CO)CO)C(CO)CO. The Hall–Kier alpha value is -1.78. The van der Waals surface area contributed by atoms with Crippen LogP contribution in [0, 0.1) is 0 Å². The average Bonchev–Trinajstić information content (AvgIpc) is 3.05. The lowest BCUT2D eigenvalue weighted by molar-refractivity contribution is -0.141. The van der Waals surface area contributed by atoms with E-state index in [1.807, 2.05) is 6.92 Å². The molecule has 13 N–H and O–H groups in total. The van der Waals surface area contributed by atoms with Gasteiger partial charge in [0.05, 0.1) is 116 Å². The first kappa shape index (κ1) is 46.6. The van der Waals surface area contributed by atoms with Gasteiger partial charge in [0.1, 0.15) is 0 Å². The molecule has 0 atom stereocenters. The molecule has 0 aromatic rings. The summed E-state index contributed by atoms with van der Waals surface area (Å²) < 4.78 is 0. The number of rotatable bonds is 21. The lowest BCUT2D eigenvalue weighted by Crippen LogP contribution is -2.56. The van der Waals surface area contributed by atoms with Gasteiger partial charge in [-0.25, -0.2) is 4.79 Å². The van der Waals surface area contributed by atoms with Crippen molar-refractivity contribution in [2.45, 2.75) is 63.4 Å². The number of aliphatic hydroxyl groups excluding tert-OH is 12. The van der Waals surface area contributed by atoms with E-state index in [1.54, 1.807) is 18.7 Å². The van der Waals surface area contributed by atoms with Crippen LogP contribution in [0.2, 0.25) is 0 Å². The Kier molecular flexibility index (Phi) is 31.7. The molecule has 266 valence electrons. The van der Waals surface area contributed by atoms with Gasteiger partial charge in [-0.3, -0.25) is 9.69 Å². The quantitative estimate of drug-likeness (QED) is 0.0550. The normalized spacial score (nSPS) is 11.3. The number of amides is 3. The number of hydrogen-bond donors (Lipinski definition) is 13. The van der Waals surface area contributed by atoms with E-state index in [0.29, 0.717) is 13.1 Å². The number of nitrogens with one attached hydrogen (secondary N) is 1. The first-order chi connectivity index (χ1) is 21.1. The second-order valence-corrected chi connectivity index (χ2v) is 9.34. The summed E-state index contributed by atoms with van der Waals surface area (Å²) in [6, 6.07) is -4.58. The molecule has 0 rings (SSSR count). The molecule has 0 saturated carbocycles. The maximum Gasteiger partial charge on any atom is 0.318 e. The highest BCUT2D eigenvalue weighted by atomic mass is 16.3. The lowest BCUT2D eigenvalue weighted by atomic mass is 10.1. The van der Waals surface area contributed by atoms with Crippen molar-refractivity contribution in [1.29, 1.82) is 0 Å². The van der Waals surface area contributed by atoms with Crippen LogP contribution in [-0.2, 0) is 4.79 Å². The van der Waals surface area contributed by atoms with Gasteiger partial charge in [-0.05, 0) is 13.5 Å². The van der Waals surface area contributed by atoms with Crippen molar-refractivity contribution in [3.63, 3.8) is 0 Å². The molecule has 0 radical (unpaired) electrons. The molecule has 0 fully saturated rings. The molecule has 18 heteroatoms. The van der Waals surface area contributed by atoms with Crippen LogP contribution in [0.5, 0.6) is 0 Å². The van der Waals surface area contributed by atoms with Crippen LogP contribution < -0.4 is 5.32 Å². The summed E-state index contributed by atoms with van der Waals surface area (Å²) in [5.74, 6) is -0.323. The van der Waals surface area contributed by atoms with Crippen LogP contribution in [0.1, 0.15) is 27.2 Å². The van der Waals surface area contributed by atoms with E-state index >= 15 is 0 Å². The number of hydrogen-bond acceptors (Lipinski definition) is 15. The molecule has 0 bridgehead atoms. The van der Waals surface area contributed by atoms with E-state index in [1.165, 1.54) is 0 Å². The van der Waals surface area contributed by atoms with Gasteiger partial charge in [0.15, 0.2) is 0 Å². The van der Waals surface area contributed by atoms with Crippen LogP contribution in [0.3, 0.4) is 0 Å². The molecule has 0 aliphatic rings. The predicted octanol–water partition coefficient (Wildman–Crippen LogP) is -6.33. The van der Waals surface area contributed by atoms with Crippen LogP contribution >= 0.6 is 0 Å². The van der Waals surface area contributed by atoms with Crippen LogP contribution in [0.15, 0.2) is 0 Å². The first-order valence-electron chi connectivity index (χ1n) is 14.5. The van der Waals surface area contributed by atoms with Gasteiger partial charge < -0.3 is 76.4 Å². The van der Waals surface area contributed by atoms with E-state index in [9.17, 15) is 9.59 Å². The highest BCUT2D eigenvalue weighted by Gasteiger charge is 2.30. The van der Waals surface area contributed by atoms with Crippen LogP contribution in [0.25, 0.3) is 0 Å². The zero-order valence-corrected chi connectivity index (χ0v) is 26.1. The summed E-state index contributed by atoms with van der Waals surface area (Å²) in [5, 5.41) is 110. The summed E-state index contributed by atoms with van der Waals surface area (Å²) in [7, 11) is 0. The molecule has 0 aromatic heterocycles. The van der Waals surface area contributed by atoms with Crippen molar-refractivity contribution >= 4 is 11.9 Å². The van der Waals surface area contributed by atoms with Crippen LogP contribution in [0.4, 0.5) is 4.79 Å². The minimum absolute atomic E-state index is 0.180. The van der Waals surface area contributed by atoms with Gasteiger partial charge in [0, 0.05) is 13.0 Å². The van der Waals surface area contributed by atoms with E-state index in [2.05, 4.69) is 5.32 Å². The molecule has 0 aromatic carbocycles. The minimum atomic E-state index is -0.837. The van der Waals surface area contributed by atoms with Gasteiger partial charge in [0.2, 0.25) is 5.91 Å². The first-order valence-corrected chi connectivity index (χ1v) is 14.5. The van der Waals surface area contributed by atoms with E-state index in [0.717, 1.165) is 9.80 Å². The molecule has 18 nitrogen and oxygen atoms in total. The van der Waals surface area contributed by atoms with E-state index in [-0.39, 0.29) is 38.8 Å². The molecule has 0 saturated heterocycles. The molecule has 0 spiro atoms. The number of carbonyl (C=O) groups excluding carboxylic acids is 2. The van der Waals surface area contributed by atoms with Gasteiger partial charge >= 0.3 is 6.03 Å². The Morgan fingerprint density at radius 3 is 0.955 bits per heavy atom. The van der Waals surface area contributed by atoms with E-state index < -0.39 is 95.1 Å². The smallest absolute Gasteiger partial charge is 0.318 e. The Bertz CT molecular complexity index is 625. The summed E-state index contributed by atoms with van der Waals surface area (Å²) in [4.78, 5) is 27.0. The summed E-state index contributed by atoms with van der Waals surface area (Å²) in [6.45, 7) is 2.04. The third-order valence-electron chi connectivity index (χ3n) is 6.56. The highest BCUT2D eigenvalue weighted by Crippen LogP contribution is 2.09. The predicted molar refractivity (Wildman–Crippen MR) is 158 cm³/mol. The second-order valence-electron chi connectivity index (χ2n) is 9.34. The molecular weight excluding hydrogens is 592 g/mol. The molecule has 44 heavy (non-hydrogen) atoms. The average molecular weight is 651 g/mol. The lowest BCUT2D eigenvalue weighted by Gasteiger charge is -2.34. The number of nitrogens with zero attached hydrogens (tertiary/aromatic N) is 3. The van der Waals surface area contributed by atoms with Crippen molar-refractivity contribution in [3.05, 3.63) is 0 Å². The fraction of sp³-hybridized carbons (Fsp3) is 0.923. The maximum atomic E-state index is 11.6. The number of urea groups is 1. The Balaban J connectivity index is -0.000000576. The number of carbonyl (C=O) groups is 2. The fourth-order valence-corrected chi connectivity index (χ4v) is 4.04. The third-order valence-corrected chi connectivity index (χ3v) is 6.56. The van der Waals surface area contributed by atoms with Gasteiger partial charge in [-0.2, -0.15) is 0 Å². The monoisotopic (exact) mass is 650 g/mol. The topological polar surface area (TPSA) is 299 Å². The number of aliphatic hydroxyl groups is 12. The number of likely N-dealkylation sites (N-methyl/N-ethyl adjacent to an activating group) is 1. The van der Waals surface area contributed by atoms with Crippen molar-refractivity contribution in [2.75, 3.05) is 92.4 Å². The Morgan fingerprint density at radius 1 is 0.477 bits per heavy atom. The van der Waals surface area contributed by atoms with Gasteiger partial charge in [-0.15, -0.1) is 0 Å². The zero-order valence-electron chi connectivity index (χ0n) is 26.1. The Labute approximate surface area is 259 Å². The molecule has 0 aliphatic heterocycles. The van der Waals surface area contributed by atoms with E-state index in [4.69, 9.17) is 61.3 Å². The summed E-state index contributed by atoms with van der Waals surface area (Å²) >= 11 is 0. The maximum absolute atomic E-state index is 11.6. The fourth-order valence-electron chi connectivity index (χ4n) is 4.04. The van der Waals surface area contributed by atoms with Crippen molar-refractivity contribution in [1.82, 2.24) is 20.0 Å². The van der Waals surface area contributed by atoms with Crippen molar-refractivity contribution in [2.24, 2.45) is 0 Å². The third kappa shape index (κ3) is 16.5. The molecule has 0 heterocycles. The van der Waals surface area contributed by atoms with Crippen molar-refractivity contribution < 1.29 is 70.9 Å². The highest BCUT2D eigenvalue weighted by molar-refractivity contribution is 5.76. The van der Waals surface area contributed by atoms with Gasteiger partial charge in [-0.1, -0.05) is 13.8 Å². The molecule has 0 unspecified atom stereocenters. The minimum Gasteiger partial charge on any atom is -0.395 e. The summed E-state index contributed by atoms with van der Waals surface area (Å²) in [6.07, 6.45) is 0.187. The zero-order chi connectivity index (χ0) is 34.7. The second kappa shape index (κ2) is 29.9. The standard InChI is InChI=1S/C9H20N2O5.C9H19NO5.C8H19NO4/c1-2-10-9(16)11(7(3-12)4-13)8(5-14)6-15;1-2-9(15)10(7(3-11)4-12)8(5-13)6-14;1-2-9(7(3-10)4-11)8(5-12)6-13/h7-8,12-15H,2-6H2,1H3,(H,10,16);7-8,11-14H,2-6H2,1H3;7-8,10-13H,2-6H2,1H3. The van der Waals surface area contributed by atoms with Crippen molar-refractivity contribution in [3.8, 4) is 0 Å². The molecule has 3 amide bonds. The van der Waals surface area contributed by atoms with Gasteiger partial charge in [0.25, 0.3) is 0 Å². The van der Waals surface area contributed by atoms with Crippen LogP contribution in [-0.4, -0.2) is 217 Å². The molecular formula is C26H58N4O14. The molecule has 0 aliphatic carbocycles. The Morgan fingerprint density at radius 2 is 0.750 bits per heavy atom. The summed E-state index contributed by atoms with van der Waals surface area (Å²) in [5.41, 5.74) is 0. The largest absolute Gasteiger partial charge is 0.395 e.